The molecular formula is C27H34Cl2F2N2O2. The van der Waals surface area contributed by atoms with Gasteiger partial charge in [-0.05, 0) is 43.2 Å². The number of carbonyl (C=O) groups is 1. The molecule has 1 amide bonds. The highest BCUT2D eigenvalue weighted by Gasteiger charge is 2.49. The van der Waals surface area contributed by atoms with E-state index >= 15 is 0 Å². The molecule has 0 saturated carbocycles. The van der Waals surface area contributed by atoms with Gasteiger partial charge in [0.15, 0.2) is 0 Å². The van der Waals surface area contributed by atoms with Gasteiger partial charge in [-0.2, -0.15) is 0 Å². The predicted molar refractivity (Wildman–Crippen MR) is 137 cm³/mol. The predicted octanol–water partition coefficient (Wildman–Crippen LogP) is 5.47. The summed E-state index contributed by atoms with van der Waals surface area (Å²) in [5.41, 5.74) is 0.101. The second-order valence-electron chi connectivity index (χ2n) is 10.3. The quantitative estimate of drug-likeness (QED) is 0.574. The van der Waals surface area contributed by atoms with Crippen molar-refractivity contribution in [2.24, 2.45) is 17.8 Å². The zero-order valence-corrected chi connectivity index (χ0v) is 22.1. The van der Waals surface area contributed by atoms with Gasteiger partial charge in [-0.3, -0.25) is 9.69 Å². The summed E-state index contributed by atoms with van der Waals surface area (Å²) in [4.78, 5) is 17.8. The van der Waals surface area contributed by atoms with E-state index in [1.54, 1.807) is 12.1 Å². The molecule has 0 radical (unpaired) electrons. The van der Waals surface area contributed by atoms with Crippen LogP contribution in [0.2, 0.25) is 5.02 Å². The van der Waals surface area contributed by atoms with E-state index in [1.165, 1.54) is 12.1 Å². The zero-order chi connectivity index (χ0) is 24.8. The van der Waals surface area contributed by atoms with Gasteiger partial charge in [-0.1, -0.05) is 43.6 Å². The molecule has 4 rings (SSSR count). The van der Waals surface area contributed by atoms with E-state index in [9.17, 15) is 18.7 Å². The highest BCUT2D eigenvalue weighted by molar-refractivity contribution is 6.30. The molecule has 4 nitrogen and oxygen atoms in total. The van der Waals surface area contributed by atoms with Crippen LogP contribution in [0.1, 0.15) is 44.7 Å². The fraction of sp³-hybridized carbons (Fsp3) is 0.519. The number of rotatable bonds is 4. The molecule has 2 heterocycles. The topological polar surface area (TPSA) is 43.8 Å². The normalized spacial score (nSPS) is 29.3. The maximum absolute atomic E-state index is 14.7. The van der Waals surface area contributed by atoms with Crippen molar-refractivity contribution in [3.63, 3.8) is 0 Å². The van der Waals surface area contributed by atoms with Crippen molar-refractivity contribution in [1.82, 2.24) is 9.80 Å². The Labute approximate surface area is 217 Å². The third kappa shape index (κ3) is 5.22. The van der Waals surface area contributed by atoms with Crippen molar-refractivity contribution in [1.29, 1.82) is 0 Å². The maximum Gasteiger partial charge on any atom is 0.227 e. The molecule has 0 bridgehead atoms. The lowest BCUT2D eigenvalue weighted by Crippen LogP contribution is -2.57. The Hall–Kier alpha value is -1.73. The lowest BCUT2D eigenvalue weighted by molar-refractivity contribution is -0.152. The van der Waals surface area contributed by atoms with Crippen LogP contribution < -0.4 is 0 Å². The highest BCUT2D eigenvalue weighted by Crippen LogP contribution is 2.43. The number of halogens is 4. The molecule has 192 valence electrons. The minimum absolute atomic E-state index is 0. The fourth-order valence-electron chi connectivity index (χ4n) is 5.82. The Balaban J connectivity index is 0.00000342. The Morgan fingerprint density at radius 3 is 2.17 bits per heavy atom. The molecular weight excluding hydrogens is 493 g/mol. The van der Waals surface area contributed by atoms with Gasteiger partial charge in [0.1, 0.15) is 11.6 Å². The molecule has 2 aliphatic heterocycles. The van der Waals surface area contributed by atoms with Crippen molar-refractivity contribution in [3.05, 3.63) is 70.2 Å². The van der Waals surface area contributed by atoms with Crippen LogP contribution in [0.4, 0.5) is 8.78 Å². The van der Waals surface area contributed by atoms with Gasteiger partial charge in [0, 0.05) is 61.1 Å². The number of piperidine rings is 1. The minimum Gasteiger partial charge on any atom is -0.384 e. The van der Waals surface area contributed by atoms with Crippen LogP contribution in [0.15, 0.2) is 42.5 Å². The number of hydrogen-bond acceptors (Lipinski definition) is 3. The Morgan fingerprint density at radius 1 is 1.03 bits per heavy atom. The van der Waals surface area contributed by atoms with Gasteiger partial charge in [-0.15, -0.1) is 12.4 Å². The number of hydrogen-bond donors (Lipinski definition) is 1. The smallest absolute Gasteiger partial charge is 0.227 e. The largest absolute Gasteiger partial charge is 0.384 e. The van der Waals surface area contributed by atoms with E-state index in [0.717, 1.165) is 11.6 Å². The molecule has 2 aromatic rings. The molecule has 2 saturated heterocycles. The average Bonchev–Trinajstić information content (AvgIpc) is 3.22. The molecule has 8 heteroatoms. The first kappa shape index (κ1) is 27.9. The first-order valence-corrected chi connectivity index (χ1v) is 12.4. The summed E-state index contributed by atoms with van der Waals surface area (Å²) in [6.45, 7) is 9.90. The molecule has 4 atom stereocenters. The lowest BCUT2D eigenvalue weighted by Gasteiger charge is -2.48. The molecule has 35 heavy (non-hydrogen) atoms. The average molecular weight is 527 g/mol. The SMILES string of the molecule is CC(C)N1C[C@@H](C(=O)N2CC(C)C(O)(c3ccc(Cl)cc3)C(C)C2)[C@H](c2ccc(F)cc2F)C1.Cl. The molecule has 0 spiro atoms. The van der Waals surface area contributed by atoms with Gasteiger partial charge < -0.3 is 10.0 Å². The summed E-state index contributed by atoms with van der Waals surface area (Å²) in [5.74, 6) is -2.45. The van der Waals surface area contributed by atoms with E-state index in [4.69, 9.17) is 11.6 Å². The summed E-state index contributed by atoms with van der Waals surface area (Å²) >= 11 is 6.04. The summed E-state index contributed by atoms with van der Waals surface area (Å²) in [7, 11) is 0. The second-order valence-corrected chi connectivity index (χ2v) is 10.7. The molecule has 2 aliphatic rings. The lowest BCUT2D eigenvalue weighted by atomic mass is 9.70. The third-order valence-corrected chi connectivity index (χ3v) is 8.12. The van der Waals surface area contributed by atoms with E-state index in [0.29, 0.717) is 36.8 Å². The van der Waals surface area contributed by atoms with Crippen molar-refractivity contribution >= 4 is 29.9 Å². The van der Waals surface area contributed by atoms with E-state index < -0.39 is 23.2 Å². The van der Waals surface area contributed by atoms with Crippen LogP contribution in [-0.2, 0) is 10.4 Å². The molecule has 2 unspecified atom stereocenters. The number of amides is 1. The highest BCUT2D eigenvalue weighted by atomic mass is 35.5. The monoisotopic (exact) mass is 526 g/mol. The van der Waals surface area contributed by atoms with Crippen molar-refractivity contribution in [3.8, 4) is 0 Å². The van der Waals surface area contributed by atoms with E-state index in [1.807, 2.05) is 30.9 Å². The molecule has 1 N–H and O–H groups in total. The third-order valence-electron chi connectivity index (χ3n) is 7.87. The number of nitrogens with zero attached hydrogens (tertiary/aromatic N) is 2. The van der Waals surface area contributed by atoms with Gasteiger partial charge in [-0.25, -0.2) is 8.78 Å². The first-order chi connectivity index (χ1) is 16.0. The number of carbonyl (C=O) groups excluding carboxylic acids is 1. The maximum atomic E-state index is 14.7. The van der Waals surface area contributed by atoms with Crippen LogP contribution in [0.5, 0.6) is 0 Å². The van der Waals surface area contributed by atoms with Crippen LogP contribution in [0.25, 0.3) is 0 Å². The standard InChI is InChI=1S/C27H33ClF2N2O2.ClH/c1-16(2)31-14-23(22-10-9-21(29)11-25(22)30)24(15-31)26(33)32-12-17(3)27(34,18(4)13-32)19-5-7-20(28)8-6-19;/h5-11,16-18,23-24,34H,12-15H2,1-4H3;1H/t17?,18?,23-,24+,27?;/m0./s1. The van der Waals surface area contributed by atoms with Gasteiger partial charge >= 0.3 is 0 Å². The Bertz CT molecular complexity index is 1040. The second kappa shape index (κ2) is 10.7. The Morgan fingerprint density at radius 2 is 1.63 bits per heavy atom. The first-order valence-electron chi connectivity index (χ1n) is 12.0. The van der Waals surface area contributed by atoms with E-state index in [2.05, 4.69) is 18.7 Å². The van der Waals surface area contributed by atoms with Crippen LogP contribution in [0, 0.1) is 29.4 Å². The van der Waals surface area contributed by atoms with Crippen LogP contribution >= 0.6 is 24.0 Å². The minimum atomic E-state index is -1.08. The summed E-state index contributed by atoms with van der Waals surface area (Å²) in [6, 6.07) is 11.1. The molecule has 2 aromatic carbocycles. The summed E-state index contributed by atoms with van der Waals surface area (Å²) in [6.07, 6.45) is 0. The van der Waals surface area contributed by atoms with Crippen LogP contribution in [-0.4, -0.2) is 53.0 Å². The van der Waals surface area contributed by atoms with Crippen LogP contribution in [0.3, 0.4) is 0 Å². The van der Waals surface area contributed by atoms with Crippen molar-refractivity contribution in [2.45, 2.75) is 45.3 Å². The molecule has 0 aromatic heterocycles. The van der Waals surface area contributed by atoms with Gasteiger partial charge in [0.25, 0.3) is 0 Å². The van der Waals surface area contributed by atoms with E-state index in [-0.39, 0.29) is 42.1 Å². The van der Waals surface area contributed by atoms with Crippen molar-refractivity contribution in [2.75, 3.05) is 26.2 Å². The van der Waals surface area contributed by atoms with Gasteiger partial charge in [0.2, 0.25) is 5.91 Å². The number of aliphatic hydroxyl groups is 1. The fourth-order valence-corrected chi connectivity index (χ4v) is 5.95. The summed E-state index contributed by atoms with van der Waals surface area (Å²) < 4.78 is 28.3. The van der Waals surface area contributed by atoms with Crippen molar-refractivity contribution < 1.29 is 18.7 Å². The molecule has 0 aliphatic carbocycles. The zero-order valence-electron chi connectivity index (χ0n) is 20.5. The number of benzene rings is 2. The number of likely N-dealkylation sites (tertiary alicyclic amines) is 2. The molecule has 2 fully saturated rings. The van der Waals surface area contributed by atoms with Gasteiger partial charge in [0.05, 0.1) is 11.5 Å². The Kier molecular flexibility index (Phi) is 8.53. The summed E-state index contributed by atoms with van der Waals surface area (Å²) in [5, 5.41) is 12.3.